The first kappa shape index (κ1) is 16.0. The van der Waals surface area contributed by atoms with E-state index in [1.807, 2.05) is 24.3 Å². The Bertz CT molecular complexity index is 726. The Hall–Kier alpha value is -2.40. The monoisotopic (exact) mass is 358 g/mol. The van der Waals surface area contributed by atoms with Crippen LogP contribution in [0, 0.1) is 0 Å². The molecule has 0 aliphatic carbocycles. The van der Waals surface area contributed by atoms with Gasteiger partial charge in [0.15, 0.2) is 0 Å². The average Bonchev–Trinajstić information content (AvgIpc) is 2.53. The smallest absolute Gasteiger partial charge is 0.251 e. The number of halogens is 1. The highest BCUT2D eigenvalue weighted by Gasteiger charge is 2.05. The molecule has 0 fully saturated rings. The Balaban J connectivity index is 2.06. The number of rotatable bonds is 4. The first-order valence-corrected chi connectivity index (χ1v) is 7.45. The molecule has 22 heavy (non-hydrogen) atoms. The van der Waals surface area contributed by atoms with Gasteiger partial charge in [-0.3, -0.25) is 9.59 Å². The molecule has 0 atom stereocenters. The third-order valence-electron chi connectivity index (χ3n) is 2.94. The van der Waals surface area contributed by atoms with E-state index < -0.39 is 0 Å². The highest BCUT2D eigenvalue weighted by molar-refractivity contribution is 9.10. The Labute approximate surface area is 137 Å². The number of anilines is 1. The third kappa shape index (κ3) is 4.30. The Morgan fingerprint density at radius 3 is 2.59 bits per heavy atom. The molecule has 2 amide bonds. The van der Waals surface area contributed by atoms with E-state index in [9.17, 15) is 9.59 Å². The quantitative estimate of drug-likeness (QED) is 0.822. The molecule has 4 nitrogen and oxygen atoms in total. The van der Waals surface area contributed by atoms with Crippen LogP contribution in [0.3, 0.4) is 0 Å². The van der Waals surface area contributed by atoms with Gasteiger partial charge in [-0.1, -0.05) is 40.2 Å². The lowest BCUT2D eigenvalue weighted by atomic mass is 10.2. The van der Waals surface area contributed by atoms with Gasteiger partial charge in [0.1, 0.15) is 0 Å². The first-order valence-electron chi connectivity index (χ1n) is 6.66. The van der Waals surface area contributed by atoms with Crippen molar-refractivity contribution in [3.63, 3.8) is 0 Å². The number of carbonyl (C=O) groups excluding carboxylic acids is 2. The zero-order valence-electron chi connectivity index (χ0n) is 12.0. The molecular weight excluding hydrogens is 344 g/mol. The molecule has 2 rings (SSSR count). The van der Waals surface area contributed by atoms with Crippen LogP contribution in [-0.4, -0.2) is 18.9 Å². The number of hydrogen-bond acceptors (Lipinski definition) is 2. The normalized spacial score (nSPS) is 10.5. The largest absolute Gasteiger partial charge is 0.355 e. The summed E-state index contributed by atoms with van der Waals surface area (Å²) in [7, 11) is 1.56. The standard InChI is InChI=1S/C17H15BrN2O2/c1-19-17(22)13-6-4-7-14(11-13)20-16(21)10-9-12-5-2-3-8-15(12)18/h2-11H,1H3,(H,19,22)(H,20,21)/b10-9-. The summed E-state index contributed by atoms with van der Waals surface area (Å²) >= 11 is 3.42. The molecular formula is C17H15BrN2O2. The molecule has 2 N–H and O–H groups in total. The Morgan fingerprint density at radius 1 is 1.09 bits per heavy atom. The molecule has 0 saturated carbocycles. The van der Waals surface area contributed by atoms with Gasteiger partial charge in [-0.05, 0) is 35.9 Å². The molecule has 5 heteroatoms. The summed E-state index contributed by atoms with van der Waals surface area (Å²) in [6.45, 7) is 0. The topological polar surface area (TPSA) is 58.2 Å². The van der Waals surface area contributed by atoms with Gasteiger partial charge >= 0.3 is 0 Å². The maximum absolute atomic E-state index is 11.9. The van der Waals surface area contributed by atoms with Crippen molar-refractivity contribution in [1.29, 1.82) is 0 Å². The second-order valence-electron chi connectivity index (χ2n) is 4.50. The molecule has 0 unspecified atom stereocenters. The van der Waals surface area contributed by atoms with Crippen molar-refractivity contribution in [3.05, 3.63) is 70.2 Å². The van der Waals surface area contributed by atoms with Gasteiger partial charge < -0.3 is 10.6 Å². The van der Waals surface area contributed by atoms with E-state index in [4.69, 9.17) is 0 Å². The average molecular weight is 359 g/mol. The molecule has 2 aromatic carbocycles. The molecule has 0 heterocycles. The molecule has 0 saturated heterocycles. The van der Waals surface area contributed by atoms with Gasteiger partial charge in [0, 0.05) is 28.8 Å². The van der Waals surface area contributed by atoms with Gasteiger partial charge in [-0.2, -0.15) is 0 Å². The van der Waals surface area contributed by atoms with E-state index in [0.717, 1.165) is 10.0 Å². The van der Waals surface area contributed by atoms with E-state index in [0.29, 0.717) is 11.3 Å². The van der Waals surface area contributed by atoms with Gasteiger partial charge in [-0.15, -0.1) is 0 Å². The minimum Gasteiger partial charge on any atom is -0.355 e. The number of benzene rings is 2. The van der Waals surface area contributed by atoms with Crippen molar-refractivity contribution in [3.8, 4) is 0 Å². The van der Waals surface area contributed by atoms with Crippen molar-refractivity contribution >= 4 is 39.5 Å². The van der Waals surface area contributed by atoms with Crippen molar-refractivity contribution < 1.29 is 9.59 Å². The van der Waals surface area contributed by atoms with Crippen LogP contribution in [0.1, 0.15) is 15.9 Å². The van der Waals surface area contributed by atoms with Crippen LogP contribution >= 0.6 is 15.9 Å². The molecule has 112 valence electrons. The lowest BCUT2D eigenvalue weighted by Crippen LogP contribution is -2.18. The predicted octanol–water partition coefficient (Wildman–Crippen LogP) is 3.46. The summed E-state index contributed by atoms with van der Waals surface area (Å²) in [5.41, 5.74) is 1.98. The second kappa shape index (κ2) is 7.56. The highest BCUT2D eigenvalue weighted by Crippen LogP contribution is 2.17. The predicted molar refractivity (Wildman–Crippen MR) is 91.6 cm³/mol. The van der Waals surface area contributed by atoms with E-state index in [1.54, 1.807) is 37.4 Å². The van der Waals surface area contributed by atoms with Gasteiger partial charge in [0.25, 0.3) is 5.91 Å². The summed E-state index contributed by atoms with van der Waals surface area (Å²) in [5.74, 6) is -0.454. The molecule has 0 spiro atoms. The minimum absolute atomic E-state index is 0.195. The zero-order valence-corrected chi connectivity index (χ0v) is 13.6. The van der Waals surface area contributed by atoms with Crippen LogP contribution < -0.4 is 10.6 Å². The fourth-order valence-corrected chi connectivity index (χ4v) is 2.26. The van der Waals surface area contributed by atoms with Crippen LogP contribution in [0.2, 0.25) is 0 Å². The van der Waals surface area contributed by atoms with Gasteiger partial charge in [0.05, 0.1) is 0 Å². The van der Waals surface area contributed by atoms with Crippen molar-refractivity contribution in [2.24, 2.45) is 0 Å². The van der Waals surface area contributed by atoms with E-state index >= 15 is 0 Å². The second-order valence-corrected chi connectivity index (χ2v) is 5.36. The van der Waals surface area contributed by atoms with Crippen molar-refractivity contribution in [2.45, 2.75) is 0 Å². The van der Waals surface area contributed by atoms with E-state index in [-0.39, 0.29) is 11.8 Å². The summed E-state index contributed by atoms with van der Waals surface area (Å²) in [4.78, 5) is 23.5. The number of hydrogen-bond donors (Lipinski definition) is 2. The van der Waals surface area contributed by atoms with Gasteiger partial charge in [-0.25, -0.2) is 0 Å². The van der Waals surface area contributed by atoms with Gasteiger partial charge in [0.2, 0.25) is 5.91 Å². The van der Waals surface area contributed by atoms with Crippen LogP contribution in [0.25, 0.3) is 6.08 Å². The molecule has 0 aliphatic heterocycles. The first-order chi connectivity index (χ1) is 10.6. The van der Waals surface area contributed by atoms with E-state index in [1.165, 1.54) is 6.08 Å². The zero-order chi connectivity index (χ0) is 15.9. The summed E-state index contributed by atoms with van der Waals surface area (Å²) in [6, 6.07) is 14.4. The molecule has 0 aliphatic rings. The third-order valence-corrected chi connectivity index (χ3v) is 3.66. The highest BCUT2D eigenvalue weighted by atomic mass is 79.9. The van der Waals surface area contributed by atoms with Crippen LogP contribution in [0.15, 0.2) is 59.1 Å². The number of nitrogens with one attached hydrogen (secondary N) is 2. The molecule has 0 aromatic heterocycles. The lowest BCUT2D eigenvalue weighted by Gasteiger charge is -2.05. The maximum Gasteiger partial charge on any atom is 0.251 e. The fraction of sp³-hybridized carbons (Fsp3) is 0.0588. The van der Waals surface area contributed by atoms with Crippen LogP contribution in [0.4, 0.5) is 5.69 Å². The maximum atomic E-state index is 11.9. The van der Waals surface area contributed by atoms with Crippen molar-refractivity contribution in [1.82, 2.24) is 5.32 Å². The molecule has 2 aromatic rings. The summed E-state index contributed by atoms with van der Waals surface area (Å²) in [5, 5.41) is 5.27. The summed E-state index contributed by atoms with van der Waals surface area (Å²) < 4.78 is 0.917. The Kier molecular flexibility index (Phi) is 5.49. The van der Waals surface area contributed by atoms with Crippen molar-refractivity contribution in [2.75, 3.05) is 12.4 Å². The van der Waals surface area contributed by atoms with Crippen LogP contribution in [0.5, 0.6) is 0 Å². The fourth-order valence-electron chi connectivity index (χ4n) is 1.84. The number of amides is 2. The molecule has 0 radical (unpaired) electrons. The molecule has 0 bridgehead atoms. The van der Waals surface area contributed by atoms with E-state index in [2.05, 4.69) is 26.6 Å². The SMILES string of the molecule is CNC(=O)c1cccc(NC(=O)/C=C\c2ccccc2Br)c1. The minimum atomic E-state index is -0.259. The number of carbonyl (C=O) groups is 2. The van der Waals surface area contributed by atoms with Crippen LogP contribution in [-0.2, 0) is 4.79 Å². The lowest BCUT2D eigenvalue weighted by molar-refractivity contribution is -0.111. The Morgan fingerprint density at radius 2 is 1.86 bits per heavy atom. The summed E-state index contributed by atoms with van der Waals surface area (Å²) in [6.07, 6.45) is 3.18.